The molecule has 0 atom stereocenters. The van der Waals surface area contributed by atoms with Gasteiger partial charge in [-0.25, -0.2) is 4.68 Å². The van der Waals surface area contributed by atoms with Gasteiger partial charge in [-0.2, -0.15) is 5.10 Å². The molecule has 6 heteroatoms. The van der Waals surface area contributed by atoms with Crippen LogP contribution in [0.15, 0.2) is 66.9 Å². The summed E-state index contributed by atoms with van der Waals surface area (Å²) >= 11 is 0. The average Bonchev–Trinajstić information content (AvgIpc) is 3.18. The molecule has 0 saturated carbocycles. The van der Waals surface area contributed by atoms with E-state index in [-0.39, 0.29) is 23.7 Å². The van der Waals surface area contributed by atoms with Crippen LogP contribution in [0.3, 0.4) is 0 Å². The van der Waals surface area contributed by atoms with Crippen molar-refractivity contribution in [3.8, 4) is 16.9 Å². The first-order valence-corrected chi connectivity index (χ1v) is 9.07. The third-order valence-corrected chi connectivity index (χ3v) is 4.61. The summed E-state index contributed by atoms with van der Waals surface area (Å²) in [7, 11) is 1.82. The largest absolute Gasteiger partial charge is 0.341 e. The Balaban J connectivity index is 0.00000280. The molecular formula is C22H27ClN4O. The molecule has 0 unspecified atom stereocenters. The second-order valence-corrected chi connectivity index (χ2v) is 7.57. The lowest BCUT2D eigenvalue weighted by atomic mass is 9.93. The molecule has 0 bridgehead atoms. The Morgan fingerprint density at radius 2 is 1.82 bits per heavy atom. The Kier molecular flexibility index (Phi) is 7.00. The van der Waals surface area contributed by atoms with E-state index >= 15 is 0 Å². The van der Waals surface area contributed by atoms with E-state index in [0.29, 0.717) is 18.7 Å². The van der Waals surface area contributed by atoms with Crippen molar-refractivity contribution in [3.05, 3.63) is 72.4 Å². The fourth-order valence-corrected chi connectivity index (χ4v) is 3.11. The summed E-state index contributed by atoms with van der Waals surface area (Å²) in [6, 6.07) is 19.6. The Hall–Kier alpha value is -2.63. The molecular weight excluding hydrogens is 372 g/mol. The summed E-state index contributed by atoms with van der Waals surface area (Å²) in [6.07, 6.45) is 1.77. The topological polar surface area (TPSA) is 64.2 Å². The summed E-state index contributed by atoms with van der Waals surface area (Å²) in [5, 5.41) is 4.46. The summed E-state index contributed by atoms with van der Waals surface area (Å²) in [5.41, 5.74) is 9.24. The maximum Gasteiger partial charge on any atom is 0.253 e. The van der Waals surface area contributed by atoms with Crippen molar-refractivity contribution in [1.82, 2.24) is 14.7 Å². The highest BCUT2D eigenvalue weighted by atomic mass is 35.5. The number of amides is 1. The van der Waals surface area contributed by atoms with Crippen LogP contribution in [0.25, 0.3) is 16.9 Å². The molecule has 3 aromatic rings. The molecule has 0 fully saturated rings. The Labute approximate surface area is 172 Å². The number of nitrogens with zero attached hydrogens (tertiary/aromatic N) is 3. The molecule has 148 valence electrons. The lowest BCUT2D eigenvalue weighted by Crippen LogP contribution is -2.39. The summed E-state index contributed by atoms with van der Waals surface area (Å²) in [6.45, 7) is 5.24. The van der Waals surface area contributed by atoms with Crippen LogP contribution < -0.4 is 5.73 Å². The van der Waals surface area contributed by atoms with Gasteiger partial charge >= 0.3 is 0 Å². The molecule has 2 aromatic carbocycles. The van der Waals surface area contributed by atoms with Crippen molar-refractivity contribution in [1.29, 1.82) is 0 Å². The number of rotatable bonds is 6. The highest BCUT2D eigenvalue weighted by Gasteiger charge is 2.22. The van der Waals surface area contributed by atoms with Gasteiger partial charge in [0.05, 0.1) is 17.6 Å². The van der Waals surface area contributed by atoms with E-state index in [1.807, 2.05) is 72.4 Å². The van der Waals surface area contributed by atoms with Crippen molar-refractivity contribution >= 4 is 18.3 Å². The van der Waals surface area contributed by atoms with Gasteiger partial charge < -0.3 is 10.6 Å². The maximum atomic E-state index is 12.9. The minimum Gasteiger partial charge on any atom is -0.341 e. The lowest BCUT2D eigenvalue weighted by Gasteiger charge is -2.29. The zero-order chi connectivity index (χ0) is 19.4. The maximum absolute atomic E-state index is 12.9. The SMILES string of the molecule is CN(CC(C)(C)CN)C(=O)c1cccc(-n2nccc2-c2ccccc2)c1.Cl. The molecule has 2 N–H and O–H groups in total. The number of hydrogen-bond acceptors (Lipinski definition) is 3. The van der Waals surface area contributed by atoms with Crippen LogP contribution in [-0.4, -0.2) is 40.7 Å². The fourth-order valence-electron chi connectivity index (χ4n) is 3.11. The van der Waals surface area contributed by atoms with E-state index < -0.39 is 0 Å². The Morgan fingerprint density at radius 1 is 1.11 bits per heavy atom. The van der Waals surface area contributed by atoms with Crippen molar-refractivity contribution in [2.24, 2.45) is 11.1 Å². The van der Waals surface area contributed by atoms with Crippen LogP contribution in [0, 0.1) is 5.41 Å². The molecule has 1 aromatic heterocycles. The van der Waals surface area contributed by atoms with E-state index in [9.17, 15) is 4.79 Å². The van der Waals surface area contributed by atoms with E-state index in [2.05, 4.69) is 18.9 Å². The quantitative estimate of drug-likeness (QED) is 0.682. The van der Waals surface area contributed by atoms with E-state index in [4.69, 9.17) is 5.73 Å². The number of aromatic nitrogens is 2. The summed E-state index contributed by atoms with van der Waals surface area (Å²) < 4.78 is 1.86. The highest BCUT2D eigenvalue weighted by molar-refractivity contribution is 5.94. The molecule has 0 spiro atoms. The Bertz CT molecular complexity index is 921. The van der Waals surface area contributed by atoms with Gasteiger partial charge in [0, 0.05) is 24.7 Å². The molecule has 0 saturated heterocycles. The van der Waals surface area contributed by atoms with Gasteiger partial charge in [0.25, 0.3) is 5.91 Å². The molecule has 0 aliphatic heterocycles. The second kappa shape index (κ2) is 9.04. The van der Waals surface area contributed by atoms with Crippen molar-refractivity contribution in [2.45, 2.75) is 13.8 Å². The first-order chi connectivity index (χ1) is 12.9. The molecule has 28 heavy (non-hydrogen) atoms. The number of hydrogen-bond donors (Lipinski definition) is 1. The first-order valence-electron chi connectivity index (χ1n) is 9.07. The first kappa shape index (κ1) is 21.7. The van der Waals surface area contributed by atoms with Crippen molar-refractivity contribution in [2.75, 3.05) is 20.1 Å². The minimum atomic E-state index is -0.121. The predicted octanol–water partition coefficient (Wildman–Crippen LogP) is 4.02. The van der Waals surface area contributed by atoms with Gasteiger partial charge in [0.15, 0.2) is 0 Å². The molecule has 0 radical (unpaired) electrons. The normalized spacial score (nSPS) is 11.0. The summed E-state index contributed by atoms with van der Waals surface area (Å²) in [5.74, 6) is -0.0215. The highest BCUT2D eigenvalue weighted by Crippen LogP contribution is 2.23. The van der Waals surface area contributed by atoms with Crippen LogP contribution in [0.4, 0.5) is 0 Å². The molecule has 0 aliphatic rings. The van der Waals surface area contributed by atoms with Gasteiger partial charge in [0.1, 0.15) is 0 Å². The van der Waals surface area contributed by atoms with E-state index in [0.717, 1.165) is 16.9 Å². The van der Waals surface area contributed by atoms with Crippen molar-refractivity contribution in [3.63, 3.8) is 0 Å². The van der Waals surface area contributed by atoms with Gasteiger partial charge in [0.2, 0.25) is 0 Å². The fraction of sp³-hybridized carbons (Fsp3) is 0.273. The molecule has 1 amide bonds. The predicted molar refractivity (Wildman–Crippen MR) is 116 cm³/mol. The molecule has 1 heterocycles. The smallest absolute Gasteiger partial charge is 0.253 e. The zero-order valence-corrected chi connectivity index (χ0v) is 17.3. The second-order valence-electron chi connectivity index (χ2n) is 7.57. The number of benzene rings is 2. The van der Waals surface area contributed by atoms with Crippen LogP contribution in [0.1, 0.15) is 24.2 Å². The monoisotopic (exact) mass is 398 g/mol. The van der Waals surface area contributed by atoms with Crippen LogP contribution >= 0.6 is 12.4 Å². The van der Waals surface area contributed by atoms with Crippen LogP contribution in [-0.2, 0) is 0 Å². The number of nitrogens with two attached hydrogens (primary N) is 1. The third kappa shape index (κ3) is 4.80. The number of carbonyl (C=O) groups excluding carboxylic acids is 1. The van der Waals surface area contributed by atoms with E-state index in [1.54, 1.807) is 11.1 Å². The average molecular weight is 399 g/mol. The van der Waals surface area contributed by atoms with Gasteiger partial charge in [-0.1, -0.05) is 50.2 Å². The molecule has 5 nitrogen and oxygen atoms in total. The Morgan fingerprint density at radius 3 is 2.50 bits per heavy atom. The molecule has 0 aliphatic carbocycles. The van der Waals surface area contributed by atoms with Crippen molar-refractivity contribution < 1.29 is 4.79 Å². The van der Waals surface area contributed by atoms with Gasteiger partial charge in [-0.15, -0.1) is 12.4 Å². The minimum absolute atomic E-state index is 0. The van der Waals surface area contributed by atoms with Gasteiger partial charge in [-0.05, 0) is 36.2 Å². The van der Waals surface area contributed by atoms with Gasteiger partial charge in [-0.3, -0.25) is 4.79 Å². The standard InChI is InChI=1S/C22H26N4O.ClH/c1-22(2,15-23)16-25(3)21(27)18-10-7-11-19(14-18)26-20(12-13-24-26)17-8-5-4-6-9-17;/h4-14H,15-16,23H2,1-3H3;1H. The van der Waals surface area contributed by atoms with Crippen LogP contribution in [0.5, 0.6) is 0 Å². The zero-order valence-electron chi connectivity index (χ0n) is 16.5. The number of carbonyl (C=O) groups is 1. The van der Waals surface area contributed by atoms with E-state index in [1.165, 1.54) is 0 Å². The number of halogens is 1. The lowest BCUT2D eigenvalue weighted by molar-refractivity contribution is 0.0740. The molecule has 3 rings (SSSR count). The van der Waals surface area contributed by atoms with Crippen LogP contribution in [0.2, 0.25) is 0 Å². The summed E-state index contributed by atoms with van der Waals surface area (Å²) in [4.78, 5) is 14.6. The third-order valence-electron chi connectivity index (χ3n) is 4.61.